The number of rotatable bonds is 7. The molecule has 0 spiro atoms. The highest BCUT2D eigenvalue weighted by molar-refractivity contribution is 5.82. The molecule has 6 heteroatoms. The first-order valence-corrected chi connectivity index (χ1v) is 7.69. The number of carbonyl (C=O) groups is 1. The maximum Gasteiger partial charge on any atom is 0.238 e. The summed E-state index contributed by atoms with van der Waals surface area (Å²) < 4.78 is 1.86. The Bertz CT molecular complexity index is 519. The van der Waals surface area contributed by atoms with E-state index in [9.17, 15) is 10.1 Å². The van der Waals surface area contributed by atoms with Crippen molar-refractivity contribution < 1.29 is 4.79 Å². The van der Waals surface area contributed by atoms with E-state index in [4.69, 9.17) is 0 Å². The minimum Gasteiger partial charge on any atom is -0.336 e. The molecule has 4 atom stereocenters. The Hall–Kier alpha value is -1.87. The largest absolute Gasteiger partial charge is 0.336 e. The minimum absolute atomic E-state index is 0.0362. The van der Waals surface area contributed by atoms with Gasteiger partial charge in [-0.05, 0) is 39.7 Å². The fourth-order valence-corrected chi connectivity index (χ4v) is 2.03. The van der Waals surface area contributed by atoms with E-state index in [1.165, 1.54) is 0 Å². The van der Waals surface area contributed by atoms with Gasteiger partial charge in [-0.2, -0.15) is 10.4 Å². The van der Waals surface area contributed by atoms with Gasteiger partial charge in [0.2, 0.25) is 5.91 Å². The highest BCUT2D eigenvalue weighted by Gasteiger charge is 2.32. The summed E-state index contributed by atoms with van der Waals surface area (Å²) >= 11 is 0. The molecule has 0 saturated heterocycles. The second-order valence-electron chi connectivity index (χ2n) is 6.36. The molecule has 6 nitrogen and oxygen atoms in total. The minimum atomic E-state index is -0.857. The number of nitriles is 1. The Balaban J connectivity index is 2.63. The fourth-order valence-electron chi connectivity index (χ4n) is 2.03. The van der Waals surface area contributed by atoms with E-state index in [-0.39, 0.29) is 30.0 Å². The molecule has 1 heterocycles. The number of amides is 1. The van der Waals surface area contributed by atoms with E-state index >= 15 is 0 Å². The summed E-state index contributed by atoms with van der Waals surface area (Å²) in [6.07, 6.45) is 3.64. The highest BCUT2D eigenvalue weighted by atomic mass is 16.2. The van der Waals surface area contributed by atoms with E-state index in [1.54, 1.807) is 20.0 Å². The van der Waals surface area contributed by atoms with Crippen molar-refractivity contribution in [3.8, 4) is 6.07 Å². The van der Waals surface area contributed by atoms with E-state index < -0.39 is 5.54 Å². The van der Waals surface area contributed by atoms with Crippen molar-refractivity contribution >= 4 is 5.91 Å². The quantitative estimate of drug-likeness (QED) is 0.805. The van der Waals surface area contributed by atoms with Crippen molar-refractivity contribution in [1.82, 2.24) is 20.4 Å². The molecule has 0 radical (unpaired) electrons. The third-order valence-electron chi connectivity index (χ3n) is 4.34. The highest BCUT2D eigenvalue weighted by Crippen LogP contribution is 2.15. The van der Waals surface area contributed by atoms with Gasteiger partial charge in [0.25, 0.3) is 0 Å². The molecule has 22 heavy (non-hydrogen) atoms. The maximum atomic E-state index is 12.3. The number of hydrogen-bond donors (Lipinski definition) is 2. The van der Waals surface area contributed by atoms with Gasteiger partial charge in [-0.25, -0.2) is 0 Å². The van der Waals surface area contributed by atoms with Crippen LogP contribution in [0.15, 0.2) is 18.5 Å². The van der Waals surface area contributed by atoms with Gasteiger partial charge in [-0.15, -0.1) is 0 Å². The third-order valence-corrected chi connectivity index (χ3v) is 4.34. The Morgan fingerprint density at radius 1 is 1.32 bits per heavy atom. The zero-order valence-corrected chi connectivity index (χ0v) is 14.3. The first-order valence-electron chi connectivity index (χ1n) is 7.69. The van der Waals surface area contributed by atoms with Crippen molar-refractivity contribution in [2.24, 2.45) is 5.92 Å². The molecule has 0 aliphatic rings. The SMILES string of the molecule is CC(C)[C@](C)(C#N)NC(=O)[C@H](C)N[C@H](C)[C@H](C)n1cccn1. The van der Waals surface area contributed by atoms with Gasteiger partial charge in [0.15, 0.2) is 0 Å². The predicted molar refractivity (Wildman–Crippen MR) is 86.0 cm³/mol. The van der Waals surface area contributed by atoms with E-state index in [1.807, 2.05) is 44.6 Å². The van der Waals surface area contributed by atoms with Crippen LogP contribution in [0.25, 0.3) is 0 Å². The van der Waals surface area contributed by atoms with Crippen LogP contribution in [-0.2, 0) is 4.79 Å². The number of aromatic nitrogens is 2. The summed E-state index contributed by atoms with van der Waals surface area (Å²) in [6, 6.07) is 3.86. The lowest BCUT2D eigenvalue weighted by Crippen LogP contribution is -2.56. The molecule has 1 aromatic rings. The molecular weight excluding hydrogens is 278 g/mol. The van der Waals surface area contributed by atoms with Crippen LogP contribution in [0.2, 0.25) is 0 Å². The monoisotopic (exact) mass is 305 g/mol. The molecule has 0 unspecified atom stereocenters. The molecule has 122 valence electrons. The van der Waals surface area contributed by atoms with Gasteiger partial charge in [0.05, 0.1) is 18.2 Å². The Labute approximate surface area is 132 Å². The van der Waals surface area contributed by atoms with E-state index in [0.29, 0.717) is 0 Å². The molecule has 0 aromatic carbocycles. The zero-order valence-electron chi connectivity index (χ0n) is 14.3. The van der Waals surface area contributed by atoms with E-state index in [0.717, 1.165) is 0 Å². The van der Waals surface area contributed by atoms with Gasteiger partial charge in [0.1, 0.15) is 5.54 Å². The van der Waals surface area contributed by atoms with Crippen LogP contribution in [0.3, 0.4) is 0 Å². The van der Waals surface area contributed by atoms with Gasteiger partial charge >= 0.3 is 0 Å². The molecule has 0 aliphatic carbocycles. The Morgan fingerprint density at radius 2 is 1.95 bits per heavy atom. The summed E-state index contributed by atoms with van der Waals surface area (Å²) in [7, 11) is 0. The van der Waals surface area contributed by atoms with Gasteiger partial charge in [0, 0.05) is 18.4 Å². The molecule has 0 aliphatic heterocycles. The van der Waals surface area contributed by atoms with Crippen LogP contribution < -0.4 is 10.6 Å². The summed E-state index contributed by atoms with van der Waals surface area (Å²) in [5.41, 5.74) is -0.857. The molecule has 1 aromatic heterocycles. The van der Waals surface area contributed by atoms with Crippen LogP contribution >= 0.6 is 0 Å². The molecule has 1 rings (SSSR count). The number of carbonyl (C=O) groups excluding carboxylic acids is 1. The second kappa shape index (κ2) is 7.41. The Morgan fingerprint density at radius 3 is 2.41 bits per heavy atom. The summed E-state index contributed by atoms with van der Waals surface area (Å²) in [5.74, 6) is -0.133. The molecule has 0 fully saturated rings. The van der Waals surface area contributed by atoms with Crippen LogP contribution in [0, 0.1) is 17.2 Å². The second-order valence-corrected chi connectivity index (χ2v) is 6.36. The van der Waals surface area contributed by atoms with Crippen LogP contribution in [0.4, 0.5) is 0 Å². The van der Waals surface area contributed by atoms with Gasteiger partial charge in [-0.3, -0.25) is 9.48 Å². The first kappa shape index (κ1) is 18.2. The summed E-state index contributed by atoms with van der Waals surface area (Å²) in [4.78, 5) is 12.3. The van der Waals surface area contributed by atoms with E-state index in [2.05, 4.69) is 21.8 Å². The van der Waals surface area contributed by atoms with Crippen molar-refractivity contribution in [3.05, 3.63) is 18.5 Å². The summed E-state index contributed by atoms with van der Waals surface area (Å²) in [6.45, 7) is 11.5. The predicted octanol–water partition coefficient (Wildman–Crippen LogP) is 1.87. The van der Waals surface area contributed by atoms with Crippen molar-refractivity contribution in [2.45, 2.75) is 65.2 Å². The number of hydrogen-bond acceptors (Lipinski definition) is 4. The molecule has 0 bridgehead atoms. The number of nitrogens with one attached hydrogen (secondary N) is 2. The maximum absolute atomic E-state index is 12.3. The topological polar surface area (TPSA) is 82.7 Å². The van der Waals surface area contributed by atoms with Crippen LogP contribution in [-0.4, -0.2) is 33.3 Å². The lowest BCUT2D eigenvalue weighted by Gasteiger charge is -2.30. The summed E-state index contributed by atoms with van der Waals surface area (Å²) in [5, 5.41) is 19.6. The van der Waals surface area contributed by atoms with Crippen LogP contribution in [0.5, 0.6) is 0 Å². The van der Waals surface area contributed by atoms with Gasteiger partial charge < -0.3 is 10.6 Å². The lowest BCUT2D eigenvalue weighted by molar-refractivity contribution is -0.124. The molecule has 1 amide bonds. The molecule has 0 saturated carbocycles. The van der Waals surface area contributed by atoms with Crippen molar-refractivity contribution in [1.29, 1.82) is 5.26 Å². The van der Waals surface area contributed by atoms with Crippen molar-refractivity contribution in [3.63, 3.8) is 0 Å². The zero-order chi connectivity index (χ0) is 16.9. The first-order chi connectivity index (χ1) is 10.2. The lowest BCUT2D eigenvalue weighted by atomic mass is 9.90. The van der Waals surface area contributed by atoms with Crippen molar-refractivity contribution in [2.75, 3.05) is 0 Å². The average Bonchev–Trinajstić information content (AvgIpc) is 2.99. The molecule has 2 N–H and O–H groups in total. The fraction of sp³-hybridized carbons (Fsp3) is 0.688. The standard InChI is InChI=1S/C16H27N5O/c1-11(2)16(6,10-17)20-15(22)13(4)19-12(3)14(5)21-9-7-8-18-21/h7-9,11-14,19H,1-6H3,(H,20,22)/t12-,13+,14+,16+/m1/s1. The van der Waals surface area contributed by atoms with Gasteiger partial charge in [-0.1, -0.05) is 13.8 Å². The number of nitrogens with zero attached hydrogens (tertiary/aromatic N) is 3. The smallest absolute Gasteiger partial charge is 0.238 e. The Kier molecular flexibility index (Phi) is 6.12. The van der Waals surface area contributed by atoms with Crippen LogP contribution in [0.1, 0.15) is 47.6 Å². The third kappa shape index (κ3) is 4.31. The average molecular weight is 305 g/mol. The normalized spacial score (nSPS) is 18.1. The molecular formula is C16H27N5O.